The second-order valence-electron chi connectivity index (χ2n) is 6.35. The third kappa shape index (κ3) is 4.66. The Kier molecular flexibility index (Phi) is 6.54. The van der Waals surface area contributed by atoms with Crippen molar-refractivity contribution in [1.82, 2.24) is 4.90 Å². The zero-order valence-electron chi connectivity index (χ0n) is 14.6. The Bertz CT molecular complexity index is 553. The number of nitrogens with one attached hydrogen (secondary N) is 1. The molecule has 0 spiro atoms. The van der Waals surface area contributed by atoms with Crippen LogP contribution < -0.4 is 10.1 Å². The van der Waals surface area contributed by atoms with Crippen LogP contribution in [0.1, 0.15) is 43.7 Å². The van der Waals surface area contributed by atoms with Gasteiger partial charge in [0.2, 0.25) is 5.91 Å². The van der Waals surface area contributed by atoms with Crippen molar-refractivity contribution in [3.05, 3.63) is 23.3 Å². The van der Waals surface area contributed by atoms with Crippen LogP contribution >= 0.6 is 0 Å². The van der Waals surface area contributed by atoms with E-state index in [1.165, 1.54) is 12.1 Å². The lowest BCUT2D eigenvalue weighted by Crippen LogP contribution is -2.47. The van der Waals surface area contributed by atoms with Gasteiger partial charge in [-0.15, -0.1) is 0 Å². The van der Waals surface area contributed by atoms with E-state index < -0.39 is 6.61 Å². The molecule has 6 heteroatoms. The maximum Gasteiger partial charge on any atom is 0.387 e. The van der Waals surface area contributed by atoms with Crippen molar-refractivity contribution in [2.24, 2.45) is 0 Å². The Balaban J connectivity index is 2.13. The second kappa shape index (κ2) is 8.42. The van der Waals surface area contributed by atoms with Gasteiger partial charge in [0.1, 0.15) is 5.75 Å². The molecule has 0 aliphatic carbocycles. The van der Waals surface area contributed by atoms with Gasteiger partial charge >= 0.3 is 6.61 Å². The molecule has 134 valence electrons. The summed E-state index contributed by atoms with van der Waals surface area (Å²) in [7, 11) is 0. The summed E-state index contributed by atoms with van der Waals surface area (Å²) in [6.45, 7) is 4.69. The van der Waals surface area contributed by atoms with Crippen LogP contribution in [0.25, 0.3) is 0 Å². The molecule has 0 saturated carbocycles. The summed E-state index contributed by atoms with van der Waals surface area (Å²) in [6, 6.07) is 2.94. The molecule has 1 aromatic carbocycles. The van der Waals surface area contributed by atoms with E-state index in [9.17, 15) is 13.6 Å². The highest BCUT2D eigenvalue weighted by Crippen LogP contribution is 2.28. The van der Waals surface area contributed by atoms with Gasteiger partial charge in [0.15, 0.2) is 0 Å². The van der Waals surface area contributed by atoms with E-state index in [1.54, 1.807) is 13.8 Å². The van der Waals surface area contributed by atoms with Crippen molar-refractivity contribution in [3.8, 4) is 5.75 Å². The predicted octanol–water partition coefficient (Wildman–Crippen LogP) is 4.11. The standard InChI is InChI=1S/C18H26F2N2O2/c1-4-8-22-9-6-5-7-15(22)17(23)21-16-12(2)10-14(11-13(16)3)24-18(19)20/h10-11,15,18H,4-9H2,1-3H3,(H,21,23)/t15-/m0/s1. The first-order chi connectivity index (χ1) is 11.4. The molecule has 1 fully saturated rings. The quantitative estimate of drug-likeness (QED) is 0.847. The monoisotopic (exact) mass is 340 g/mol. The number of benzene rings is 1. The summed E-state index contributed by atoms with van der Waals surface area (Å²) in [5, 5.41) is 2.99. The molecule has 0 bridgehead atoms. The normalized spacial score (nSPS) is 18.7. The number of aryl methyl sites for hydroxylation is 2. The lowest BCUT2D eigenvalue weighted by molar-refractivity contribution is -0.122. The summed E-state index contributed by atoms with van der Waals surface area (Å²) >= 11 is 0. The number of hydrogen-bond acceptors (Lipinski definition) is 3. The molecule has 1 saturated heterocycles. The number of carbonyl (C=O) groups excluding carboxylic acids is 1. The fourth-order valence-corrected chi connectivity index (χ4v) is 3.34. The average molecular weight is 340 g/mol. The number of nitrogens with zero attached hydrogens (tertiary/aromatic N) is 1. The average Bonchev–Trinajstić information content (AvgIpc) is 2.51. The second-order valence-corrected chi connectivity index (χ2v) is 6.35. The number of hydrogen-bond donors (Lipinski definition) is 1. The van der Waals surface area contributed by atoms with E-state index in [2.05, 4.69) is 21.9 Å². The van der Waals surface area contributed by atoms with Crippen molar-refractivity contribution in [2.75, 3.05) is 18.4 Å². The fourth-order valence-electron chi connectivity index (χ4n) is 3.34. The van der Waals surface area contributed by atoms with Crippen molar-refractivity contribution in [2.45, 2.75) is 59.1 Å². The van der Waals surface area contributed by atoms with E-state index in [-0.39, 0.29) is 17.7 Å². The Morgan fingerprint density at radius 2 is 2.00 bits per heavy atom. The van der Waals surface area contributed by atoms with Gasteiger partial charge in [-0.1, -0.05) is 13.3 Å². The number of halogens is 2. The molecule has 0 radical (unpaired) electrons. The predicted molar refractivity (Wildman–Crippen MR) is 90.7 cm³/mol. The Morgan fingerprint density at radius 1 is 1.33 bits per heavy atom. The maximum atomic E-state index is 12.7. The molecule has 1 aromatic rings. The number of likely N-dealkylation sites (tertiary alicyclic amines) is 1. The number of anilines is 1. The van der Waals surface area contributed by atoms with Crippen molar-refractivity contribution in [3.63, 3.8) is 0 Å². The van der Waals surface area contributed by atoms with Gasteiger partial charge in [0, 0.05) is 5.69 Å². The van der Waals surface area contributed by atoms with Gasteiger partial charge < -0.3 is 10.1 Å². The smallest absolute Gasteiger partial charge is 0.387 e. The first-order valence-corrected chi connectivity index (χ1v) is 8.53. The number of rotatable bonds is 6. The lowest BCUT2D eigenvalue weighted by Gasteiger charge is -2.34. The van der Waals surface area contributed by atoms with E-state index in [0.717, 1.165) is 49.9 Å². The molecular formula is C18H26F2N2O2. The SMILES string of the molecule is CCCN1CCCC[C@H]1C(=O)Nc1c(C)cc(OC(F)F)cc1C. The van der Waals surface area contributed by atoms with Crippen molar-refractivity contribution >= 4 is 11.6 Å². The van der Waals surface area contributed by atoms with Crippen molar-refractivity contribution in [1.29, 1.82) is 0 Å². The van der Waals surface area contributed by atoms with Crippen LogP contribution in [0.2, 0.25) is 0 Å². The van der Waals surface area contributed by atoms with Gasteiger partial charge in [-0.3, -0.25) is 9.69 Å². The van der Waals surface area contributed by atoms with Crippen LogP contribution in [0.3, 0.4) is 0 Å². The van der Waals surface area contributed by atoms with Crippen LogP contribution in [0.5, 0.6) is 5.75 Å². The van der Waals surface area contributed by atoms with Crippen LogP contribution in [0.4, 0.5) is 14.5 Å². The van der Waals surface area contributed by atoms with Crippen LogP contribution in [0, 0.1) is 13.8 Å². The van der Waals surface area contributed by atoms with E-state index >= 15 is 0 Å². The highest BCUT2D eigenvalue weighted by molar-refractivity contribution is 5.96. The molecule has 2 rings (SSSR count). The highest BCUT2D eigenvalue weighted by Gasteiger charge is 2.28. The van der Waals surface area contributed by atoms with E-state index in [4.69, 9.17) is 0 Å². The summed E-state index contributed by atoms with van der Waals surface area (Å²) in [6.07, 6.45) is 4.05. The number of piperidine rings is 1. The Hall–Kier alpha value is -1.69. The van der Waals surface area contributed by atoms with E-state index in [0.29, 0.717) is 5.69 Å². The minimum atomic E-state index is -2.85. The van der Waals surface area contributed by atoms with Gasteiger partial charge in [-0.25, -0.2) is 0 Å². The molecule has 1 N–H and O–H groups in total. The number of carbonyl (C=O) groups is 1. The molecule has 1 heterocycles. The summed E-state index contributed by atoms with van der Waals surface area (Å²) < 4.78 is 29.2. The summed E-state index contributed by atoms with van der Waals surface area (Å²) in [4.78, 5) is 14.9. The highest BCUT2D eigenvalue weighted by atomic mass is 19.3. The zero-order chi connectivity index (χ0) is 17.7. The molecule has 1 aliphatic heterocycles. The van der Waals surface area contributed by atoms with Crippen LogP contribution in [-0.2, 0) is 4.79 Å². The van der Waals surface area contributed by atoms with Gasteiger partial charge in [-0.2, -0.15) is 8.78 Å². The zero-order valence-corrected chi connectivity index (χ0v) is 14.6. The first-order valence-electron chi connectivity index (χ1n) is 8.53. The molecule has 1 atom stereocenters. The summed E-state index contributed by atoms with van der Waals surface area (Å²) in [5.74, 6) is 0.0974. The van der Waals surface area contributed by atoms with Crippen molar-refractivity contribution < 1.29 is 18.3 Å². The Morgan fingerprint density at radius 3 is 2.58 bits per heavy atom. The lowest BCUT2D eigenvalue weighted by atomic mass is 10.0. The molecule has 4 nitrogen and oxygen atoms in total. The van der Waals surface area contributed by atoms with Gasteiger partial charge in [-0.05, 0) is 69.5 Å². The molecule has 24 heavy (non-hydrogen) atoms. The number of alkyl halides is 2. The van der Waals surface area contributed by atoms with Crippen LogP contribution in [0.15, 0.2) is 12.1 Å². The molecule has 1 aliphatic rings. The minimum absolute atomic E-state index is 0.0168. The first kappa shape index (κ1) is 18.6. The number of ether oxygens (including phenoxy) is 1. The molecule has 1 amide bonds. The minimum Gasteiger partial charge on any atom is -0.435 e. The maximum absolute atomic E-state index is 12.7. The van der Waals surface area contributed by atoms with E-state index in [1.807, 2.05) is 0 Å². The molecular weight excluding hydrogens is 314 g/mol. The molecule has 0 unspecified atom stereocenters. The fraction of sp³-hybridized carbons (Fsp3) is 0.611. The third-order valence-electron chi connectivity index (χ3n) is 4.41. The summed E-state index contributed by atoms with van der Waals surface area (Å²) in [5.41, 5.74) is 2.12. The Labute approximate surface area is 142 Å². The third-order valence-corrected chi connectivity index (χ3v) is 4.41. The number of amides is 1. The topological polar surface area (TPSA) is 41.6 Å². The largest absolute Gasteiger partial charge is 0.435 e. The van der Waals surface area contributed by atoms with Crippen LogP contribution in [-0.4, -0.2) is 36.5 Å². The molecule has 0 aromatic heterocycles. The van der Waals surface area contributed by atoms with Gasteiger partial charge in [0.05, 0.1) is 6.04 Å². The van der Waals surface area contributed by atoms with Gasteiger partial charge in [0.25, 0.3) is 0 Å².